The molecule has 4 rings (SSSR count). The highest BCUT2D eigenvalue weighted by molar-refractivity contribution is 6.42. The number of nitrogens with one attached hydrogen (secondary N) is 1. The summed E-state index contributed by atoms with van der Waals surface area (Å²) in [6.07, 6.45) is 2.34. The number of carbonyl (C=O) groups is 2. The van der Waals surface area contributed by atoms with Gasteiger partial charge in [0, 0.05) is 43.2 Å². The van der Waals surface area contributed by atoms with Gasteiger partial charge in [-0.05, 0) is 42.7 Å². The van der Waals surface area contributed by atoms with Crippen molar-refractivity contribution in [2.45, 2.75) is 51.5 Å². The summed E-state index contributed by atoms with van der Waals surface area (Å²) in [6.45, 7) is 5.00. The number of nitrogens with zero attached hydrogens (tertiary/aromatic N) is 3. The lowest BCUT2D eigenvalue weighted by molar-refractivity contribution is -0.131. The Balaban J connectivity index is 1.46. The van der Waals surface area contributed by atoms with Crippen molar-refractivity contribution in [1.82, 2.24) is 20.2 Å². The molecule has 0 saturated carbocycles. The van der Waals surface area contributed by atoms with Crippen molar-refractivity contribution in [2.24, 2.45) is 0 Å². The third kappa shape index (κ3) is 6.48. The van der Waals surface area contributed by atoms with Crippen molar-refractivity contribution in [3.63, 3.8) is 0 Å². The number of halogens is 4. The van der Waals surface area contributed by atoms with Crippen LogP contribution < -0.4 is 5.32 Å². The second kappa shape index (κ2) is 12.2. The number of rotatable bonds is 7. The van der Waals surface area contributed by atoms with Gasteiger partial charge >= 0.3 is 0 Å². The number of carbonyl (C=O) groups excluding carboxylic acids is 2. The molecular weight excluding hydrogens is 533 g/mol. The molecule has 1 aliphatic heterocycles. The molecule has 38 heavy (non-hydrogen) atoms. The van der Waals surface area contributed by atoms with Gasteiger partial charge in [0.05, 0.1) is 27.7 Å². The predicted octanol–water partition coefficient (Wildman–Crippen LogP) is 6.06. The van der Waals surface area contributed by atoms with Crippen LogP contribution >= 0.6 is 23.2 Å². The number of likely N-dealkylation sites (tertiary alicyclic amines) is 1. The minimum Gasteiger partial charge on any atom is -0.348 e. The van der Waals surface area contributed by atoms with E-state index < -0.39 is 11.6 Å². The predicted molar refractivity (Wildman–Crippen MR) is 142 cm³/mol. The Kier molecular flexibility index (Phi) is 8.95. The first kappa shape index (κ1) is 27.9. The maximum absolute atomic E-state index is 14.0. The second-order valence-corrected chi connectivity index (χ2v) is 10.5. The summed E-state index contributed by atoms with van der Waals surface area (Å²) >= 11 is 12.1. The highest BCUT2D eigenvalue weighted by Crippen LogP contribution is 2.30. The van der Waals surface area contributed by atoms with Gasteiger partial charge in [0.2, 0.25) is 5.91 Å². The summed E-state index contributed by atoms with van der Waals surface area (Å²) < 4.78 is 28.0. The first-order chi connectivity index (χ1) is 18.1. The van der Waals surface area contributed by atoms with Gasteiger partial charge < -0.3 is 10.2 Å². The summed E-state index contributed by atoms with van der Waals surface area (Å²) in [5.74, 6) is -1.48. The molecule has 0 unspecified atom stereocenters. The molecule has 1 N–H and O–H groups in total. The fourth-order valence-corrected chi connectivity index (χ4v) is 4.79. The Bertz CT molecular complexity index is 1320. The average Bonchev–Trinajstić information content (AvgIpc) is 2.91. The van der Waals surface area contributed by atoms with Crippen LogP contribution in [0.4, 0.5) is 8.78 Å². The molecule has 1 fully saturated rings. The summed E-state index contributed by atoms with van der Waals surface area (Å²) in [6, 6.07) is 8.72. The Morgan fingerprint density at radius 1 is 1.08 bits per heavy atom. The lowest BCUT2D eigenvalue weighted by atomic mass is 9.90. The summed E-state index contributed by atoms with van der Waals surface area (Å²) in [5.41, 5.74) is 1.60. The van der Waals surface area contributed by atoms with Crippen LogP contribution in [-0.4, -0.2) is 39.8 Å². The van der Waals surface area contributed by atoms with Gasteiger partial charge in [-0.25, -0.2) is 18.7 Å². The maximum atomic E-state index is 14.0. The fraction of sp³-hybridized carbons (Fsp3) is 0.357. The van der Waals surface area contributed by atoms with E-state index in [1.807, 2.05) is 13.8 Å². The molecule has 0 aliphatic carbocycles. The SMILES string of the molecule is CC(C)c1ncc(C(=O)NCc2ccc(Cl)c(Cl)c2)c(C2CCN(C(=O)Cc3c(F)cccc3F)CC2)n1. The molecular formula is C28H28Cl2F2N4O2. The normalized spacial score (nSPS) is 14.1. The van der Waals surface area contributed by atoms with E-state index in [4.69, 9.17) is 28.2 Å². The standard InChI is InChI=1S/C28H28Cl2F2N4O2/c1-16(2)27-33-15-20(28(38)34-14-17-6-7-21(29)22(30)12-17)26(35-27)18-8-10-36(11-9-18)25(37)13-19-23(31)4-3-5-24(19)32/h3-7,12,15-16,18H,8-11,13-14H2,1-2H3,(H,34,38). The average molecular weight is 561 g/mol. The summed E-state index contributed by atoms with van der Waals surface area (Å²) in [7, 11) is 0. The van der Waals surface area contributed by atoms with Crippen LogP contribution in [-0.2, 0) is 17.8 Å². The molecule has 10 heteroatoms. The van der Waals surface area contributed by atoms with Gasteiger partial charge in [0.1, 0.15) is 17.5 Å². The molecule has 2 amide bonds. The van der Waals surface area contributed by atoms with E-state index in [9.17, 15) is 18.4 Å². The van der Waals surface area contributed by atoms with Crippen LogP contribution in [0.3, 0.4) is 0 Å². The first-order valence-corrected chi connectivity index (χ1v) is 13.2. The largest absolute Gasteiger partial charge is 0.348 e. The minimum absolute atomic E-state index is 0.0689. The first-order valence-electron chi connectivity index (χ1n) is 12.4. The molecule has 200 valence electrons. The van der Waals surface area contributed by atoms with Crippen molar-refractivity contribution in [3.05, 3.63) is 92.5 Å². The third-order valence-electron chi connectivity index (χ3n) is 6.66. The molecule has 0 radical (unpaired) electrons. The van der Waals surface area contributed by atoms with Crippen molar-refractivity contribution >= 4 is 35.0 Å². The van der Waals surface area contributed by atoms with E-state index in [2.05, 4.69) is 10.3 Å². The van der Waals surface area contributed by atoms with Crippen molar-refractivity contribution in [3.8, 4) is 0 Å². The third-order valence-corrected chi connectivity index (χ3v) is 7.40. The number of piperidine rings is 1. The molecule has 0 spiro atoms. The van der Waals surface area contributed by atoms with Crippen LogP contribution in [0, 0.1) is 11.6 Å². The lowest BCUT2D eigenvalue weighted by Gasteiger charge is -2.32. The van der Waals surface area contributed by atoms with Crippen molar-refractivity contribution < 1.29 is 18.4 Å². The lowest BCUT2D eigenvalue weighted by Crippen LogP contribution is -2.39. The van der Waals surface area contributed by atoms with Crippen molar-refractivity contribution in [2.75, 3.05) is 13.1 Å². The highest BCUT2D eigenvalue weighted by atomic mass is 35.5. The Morgan fingerprint density at radius 3 is 2.39 bits per heavy atom. The molecule has 0 bridgehead atoms. The minimum atomic E-state index is -0.730. The van der Waals surface area contributed by atoms with Crippen molar-refractivity contribution in [1.29, 1.82) is 0 Å². The van der Waals surface area contributed by atoms with Crippen LogP contribution in [0.2, 0.25) is 10.0 Å². The fourth-order valence-electron chi connectivity index (χ4n) is 4.47. The smallest absolute Gasteiger partial charge is 0.254 e. The molecule has 2 aromatic carbocycles. The molecule has 1 aliphatic rings. The van der Waals surface area contributed by atoms with Gasteiger partial charge in [0.25, 0.3) is 5.91 Å². The summed E-state index contributed by atoms with van der Waals surface area (Å²) in [5, 5.41) is 3.74. The van der Waals surface area contributed by atoms with E-state index in [1.54, 1.807) is 29.3 Å². The summed E-state index contributed by atoms with van der Waals surface area (Å²) in [4.78, 5) is 36.7. The molecule has 0 atom stereocenters. The van der Waals surface area contributed by atoms with Crippen LogP contribution in [0.25, 0.3) is 0 Å². The van der Waals surface area contributed by atoms with Crippen LogP contribution in [0.5, 0.6) is 0 Å². The van der Waals surface area contributed by atoms with E-state index in [1.165, 1.54) is 6.07 Å². The zero-order valence-electron chi connectivity index (χ0n) is 21.1. The monoisotopic (exact) mass is 560 g/mol. The number of aromatic nitrogens is 2. The van der Waals surface area contributed by atoms with Gasteiger partial charge in [0.15, 0.2) is 0 Å². The van der Waals surface area contributed by atoms with E-state index >= 15 is 0 Å². The van der Waals surface area contributed by atoms with Gasteiger partial charge in [-0.15, -0.1) is 0 Å². The van der Waals surface area contributed by atoms with E-state index in [-0.39, 0.29) is 42.2 Å². The quantitative estimate of drug-likeness (QED) is 0.381. The molecule has 1 aromatic heterocycles. The van der Waals surface area contributed by atoms with Gasteiger partial charge in [-0.1, -0.05) is 49.2 Å². The maximum Gasteiger partial charge on any atom is 0.254 e. The molecule has 2 heterocycles. The highest BCUT2D eigenvalue weighted by Gasteiger charge is 2.29. The zero-order valence-corrected chi connectivity index (χ0v) is 22.6. The number of amides is 2. The number of hydrogen-bond donors (Lipinski definition) is 1. The van der Waals surface area contributed by atoms with Crippen LogP contribution in [0.15, 0.2) is 42.6 Å². The van der Waals surface area contributed by atoms with Crippen LogP contribution in [0.1, 0.15) is 71.5 Å². The van der Waals surface area contributed by atoms with Gasteiger partial charge in [-0.2, -0.15) is 0 Å². The number of benzene rings is 2. The molecule has 3 aromatic rings. The Hall–Kier alpha value is -3.10. The Morgan fingerprint density at radius 2 is 1.76 bits per heavy atom. The molecule has 6 nitrogen and oxygen atoms in total. The second-order valence-electron chi connectivity index (χ2n) is 9.65. The molecule has 1 saturated heterocycles. The Labute approximate surface area is 230 Å². The number of hydrogen-bond acceptors (Lipinski definition) is 4. The van der Waals surface area contributed by atoms with Gasteiger partial charge in [-0.3, -0.25) is 9.59 Å². The zero-order chi connectivity index (χ0) is 27.4. The topological polar surface area (TPSA) is 75.2 Å². The van der Waals surface area contributed by atoms with E-state index in [0.717, 1.165) is 17.7 Å². The van der Waals surface area contributed by atoms with E-state index in [0.29, 0.717) is 53.1 Å².